The fourth-order valence-corrected chi connectivity index (χ4v) is 2.20. The third-order valence-corrected chi connectivity index (χ3v) is 2.60. The summed E-state index contributed by atoms with van der Waals surface area (Å²) in [4.78, 5) is 0. The van der Waals surface area contributed by atoms with E-state index in [0.717, 1.165) is 10.2 Å². The maximum atomic E-state index is 8.43. The largest absolute Gasteiger partial charge is 0.383 e. The van der Waals surface area contributed by atoms with E-state index >= 15 is 0 Å². The van der Waals surface area contributed by atoms with Gasteiger partial charge in [-0.1, -0.05) is 6.07 Å². The second-order valence-electron chi connectivity index (χ2n) is 3.27. The summed E-state index contributed by atoms with van der Waals surface area (Å²) < 4.78 is 1.06. The van der Waals surface area contributed by atoms with Gasteiger partial charge in [0.1, 0.15) is 0 Å². The van der Waals surface area contributed by atoms with Crippen LogP contribution in [0, 0.1) is 25.2 Å². The molecule has 0 aromatic heterocycles. The van der Waals surface area contributed by atoms with Gasteiger partial charge in [-0.3, -0.25) is 0 Å². The van der Waals surface area contributed by atoms with Crippen LogP contribution in [0.3, 0.4) is 0 Å². The van der Waals surface area contributed by atoms with E-state index in [9.17, 15) is 0 Å². The minimum atomic E-state index is 0.528. The standard InChI is InChI=1S/C11H13BrN2/c1-8-6-9(2)11(10(12)7-8)14-5-3-4-13/h6-7,14H,3,5H2,1-2H3. The van der Waals surface area contributed by atoms with Crippen LogP contribution in [0.2, 0.25) is 0 Å². The van der Waals surface area contributed by atoms with E-state index in [4.69, 9.17) is 5.26 Å². The highest BCUT2D eigenvalue weighted by Gasteiger charge is 2.03. The zero-order valence-electron chi connectivity index (χ0n) is 8.39. The smallest absolute Gasteiger partial charge is 0.0640 e. The van der Waals surface area contributed by atoms with Crippen LogP contribution in [0.25, 0.3) is 0 Å². The molecule has 0 amide bonds. The van der Waals surface area contributed by atoms with Gasteiger partial charge < -0.3 is 5.32 Å². The fourth-order valence-electron chi connectivity index (χ4n) is 1.38. The maximum Gasteiger partial charge on any atom is 0.0640 e. The molecule has 0 aliphatic heterocycles. The average Bonchev–Trinajstić information content (AvgIpc) is 2.09. The molecule has 0 fully saturated rings. The molecule has 3 heteroatoms. The molecule has 14 heavy (non-hydrogen) atoms. The molecule has 0 heterocycles. The summed E-state index contributed by atoms with van der Waals surface area (Å²) >= 11 is 3.50. The zero-order valence-corrected chi connectivity index (χ0v) is 9.98. The Kier molecular flexibility index (Phi) is 3.97. The number of nitrogens with zero attached hydrogens (tertiary/aromatic N) is 1. The minimum Gasteiger partial charge on any atom is -0.383 e. The van der Waals surface area contributed by atoms with Crippen LogP contribution in [0.15, 0.2) is 16.6 Å². The number of rotatable bonds is 3. The summed E-state index contributed by atoms with van der Waals surface area (Å²) in [6, 6.07) is 6.31. The van der Waals surface area contributed by atoms with Crippen molar-refractivity contribution < 1.29 is 0 Å². The van der Waals surface area contributed by atoms with Gasteiger partial charge in [0.15, 0.2) is 0 Å². The minimum absolute atomic E-state index is 0.528. The lowest BCUT2D eigenvalue weighted by atomic mass is 10.1. The summed E-state index contributed by atoms with van der Waals surface area (Å²) in [7, 11) is 0. The third-order valence-electron chi connectivity index (χ3n) is 1.97. The SMILES string of the molecule is Cc1cc(C)c(NCCC#N)c(Br)c1. The second kappa shape index (κ2) is 5.02. The molecule has 0 aliphatic carbocycles. The van der Waals surface area contributed by atoms with E-state index in [-0.39, 0.29) is 0 Å². The predicted molar refractivity (Wildman–Crippen MR) is 62.3 cm³/mol. The molecule has 1 rings (SSSR count). The Morgan fingerprint density at radius 3 is 2.71 bits per heavy atom. The van der Waals surface area contributed by atoms with E-state index in [1.54, 1.807) is 0 Å². The van der Waals surface area contributed by atoms with E-state index in [1.165, 1.54) is 11.1 Å². The predicted octanol–water partition coefficient (Wildman–Crippen LogP) is 3.39. The number of nitrogens with one attached hydrogen (secondary N) is 1. The van der Waals surface area contributed by atoms with Crippen LogP contribution >= 0.6 is 15.9 Å². The number of halogens is 1. The molecule has 1 N–H and O–H groups in total. The van der Waals surface area contributed by atoms with Crippen molar-refractivity contribution in [3.8, 4) is 6.07 Å². The van der Waals surface area contributed by atoms with Crippen molar-refractivity contribution in [3.05, 3.63) is 27.7 Å². The first-order valence-corrected chi connectivity index (χ1v) is 5.32. The molecule has 74 valence electrons. The maximum absolute atomic E-state index is 8.43. The Labute approximate surface area is 93.1 Å². The van der Waals surface area contributed by atoms with E-state index in [0.29, 0.717) is 13.0 Å². The molecule has 1 aromatic rings. The van der Waals surface area contributed by atoms with Gasteiger partial charge >= 0.3 is 0 Å². The topological polar surface area (TPSA) is 35.8 Å². The van der Waals surface area contributed by atoms with Crippen LogP contribution in [0.1, 0.15) is 17.5 Å². The lowest BCUT2D eigenvalue weighted by Crippen LogP contribution is -2.03. The zero-order chi connectivity index (χ0) is 10.6. The highest BCUT2D eigenvalue weighted by molar-refractivity contribution is 9.10. The normalized spacial score (nSPS) is 9.57. The van der Waals surface area contributed by atoms with Crippen LogP contribution in [-0.2, 0) is 0 Å². The Balaban J connectivity index is 2.81. The van der Waals surface area contributed by atoms with Crippen molar-refractivity contribution in [2.24, 2.45) is 0 Å². The van der Waals surface area contributed by atoms with Gasteiger partial charge in [-0.2, -0.15) is 5.26 Å². The monoisotopic (exact) mass is 252 g/mol. The Bertz CT molecular complexity index is 343. The number of hydrogen-bond acceptors (Lipinski definition) is 2. The molecular formula is C11H13BrN2. The highest BCUT2D eigenvalue weighted by atomic mass is 79.9. The number of anilines is 1. The van der Waals surface area contributed by atoms with Gasteiger partial charge in [0.05, 0.1) is 18.2 Å². The van der Waals surface area contributed by atoms with Gasteiger partial charge in [-0.25, -0.2) is 0 Å². The molecule has 0 saturated carbocycles. The van der Waals surface area contributed by atoms with Gasteiger partial charge in [0, 0.05) is 11.0 Å². The molecule has 0 bridgehead atoms. The van der Waals surface area contributed by atoms with Crippen LogP contribution in [0.4, 0.5) is 5.69 Å². The van der Waals surface area contributed by atoms with E-state index in [2.05, 4.69) is 53.3 Å². The Hall–Kier alpha value is -1.01. The summed E-state index contributed by atoms with van der Waals surface area (Å²) in [5, 5.41) is 11.7. The van der Waals surface area contributed by atoms with Crippen molar-refractivity contribution >= 4 is 21.6 Å². The lowest BCUT2D eigenvalue weighted by Gasteiger charge is -2.11. The first-order valence-electron chi connectivity index (χ1n) is 4.52. The van der Waals surface area contributed by atoms with Crippen molar-refractivity contribution in [3.63, 3.8) is 0 Å². The van der Waals surface area contributed by atoms with E-state index < -0.39 is 0 Å². The van der Waals surface area contributed by atoms with Gasteiger partial charge in [-0.05, 0) is 47.0 Å². The quantitative estimate of drug-likeness (QED) is 0.838. The molecule has 0 aliphatic rings. The molecule has 1 aromatic carbocycles. The number of aryl methyl sites for hydroxylation is 2. The fraction of sp³-hybridized carbons (Fsp3) is 0.364. The van der Waals surface area contributed by atoms with Crippen molar-refractivity contribution in [2.45, 2.75) is 20.3 Å². The first kappa shape index (κ1) is 11.1. The summed E-state index contributed by atoms with van der Waals surface area (Å²) in [5.41, 5.74) is 3.53. The van der Waals surface area contributed by atoms with Crippen molar-refractivity contribution in [1.29, 1.82) is 5.26 Å². The van der Waals surface area contributed by atoms with Crippen LogP contribution in [-0.4, -0.2) is 6.54 Å². The first-order chi connectivity index (χ1) is 6.65. The van der Waals surface area contributed by atoms with Crippen molar-refractivity contribution in [1.82, 2.24) is 0 Å². The van der Waals surface area contributed by atoms with Crippen LogP contribution < -0.4 is 5.32 Å². The molecule has 0 atom stereocenters. The highest BCUT2D eigenvalue weighted by Crippen LogP contribution is 2.27. The summed E-state index contributed by atoms with van der Waals surface area (Å²) in [6.45, 7) is 4.82. The molecular weight excluding hydrogens is 240 g/mol. The van der Waals surface area contributed by atoms with Gasteiger partial charge in [0.2, 0.25) is 0 Å². The molecule has 0 unspecified atom stereocenters. The van der Waals surface area contributed by atoms with Gasteiger partial charge in [-0.15, -0.1) is 0 Å². The number of benzene rings is 1. The van der Waals surface area contributed by atoms with Crippen molar-refractivity contribution in [2.75, 3.05) is 11.9 Å². The molecule has 2 nitrogen and oxygen atoms in total. The number of hydrogen-bond donors (Lipinski definition) is 1. The molecule has 0 spiro atoms. The lowest BCUT2D eigenvalue weighted by molar-refractivity contribution is 1.07. The molecule has 0 radical (unpaired) electrons. The van der Waals surface area contributed by atoms with E-state index in [1.807, 2.05) is 0 Å². The molecule has 0 saturated heterocycles. The average molecular weight is 253 g/mol. The Morgan fingerprint density at radius 1 is 1.43 bits per heavy atom. The van der Waals surface area contributed by atoms with Crippen LogP contribution in [0.5, 0.6) is 0 Å². The second-order valence-corrected chi connectivity index (χ2v) is 4.13. The Morgan fingerprint density at radius 2 is 2.14 bits per heavy atom. The summed E-state index contributed by atoms with van der Waals surface area (Å²) in [5.74, 6) is 0. The summed E-state index contributed by atoms with van der Waals surface area (Å²) in [6.07, 6.45) is 0.528. The number of nitriles is 1. The third kappa shape index (κ3) is 2.74. The van der Waals surface area contributed by atoms with Gasteiger partial charge in [0.25, 0.3) is 0 Å².